The van der Waals surface area contributed by atoms with E-state index in [2.05, 4.69) is 26.3 Å². The van der Waals surface area contributed by atoms with Crippen molar-refractivity contribution in [3.8, 4) is 17.0 Å². The van der Waals surface area contributed by atoms with E-state index in [1.165, 1.54) is 5.01 Å². The molecule has 1 fully saturated rings. The second-order valence-corrected chi connectivity index (χ2v) is 7.56. The number of halogens is 1. The number of anilines is 1. The second kappa shape index (κ2) is 7.60. The van der Waals surface area contributed by atoms with Gasteiger partial charge in [-0.25, -0.2) is 15.0 Å². The lowest BCUT2D eigenvalue weighted by atomic mass is 9.98. The first-order valence-corrected chi connectivity index (χ1v) is 9.81. The van der Waals surface area contributed by atoms with Crippen LogP contribution in [0.4, 0.5) is 5.95 Å². The summed E-state index contributed by atoms with van der Waals surface area (Å²) >= 11 is 7.60. The number of hydrogen-bond acceptors (Lipinski definition) is 6. The molecular formula is C19H19ClN4OS. The minimum absolute atomic E-state index is 0.479. The number of hydrogen-bond donors (Lipinski definition) is 0. The molecule has 0 atom stereocenters. The average molecular weight is 387 g/mol. The second-order valence-electron chi connectivity index (χ2n) is 6.23. The van der Waals surface area contributed by atoms with Crippen LogP contribution in [0.25, 0.3) is 11.3 Å². The van der Waals surface area contributed by atoms with Gasteiger partial charge in [0.1, 0.15) is 5.75 Å². The Balaban J connectivity index is 1.45. The number of benzene rings is 1. The van der Waals surface area contributed by atoms with E-state index < -0.39 is 0 Å². The molecule has 3 aromatic rings. The third-order valence-electron chi connectivity index (χ3n) is 4.64. The highest BCUT2D eigenvalue weighted by atomic mass is 35.5. The highest BCUT2D eigenvalue weighted by Gasteiger charge is 2.24. The highest BCUT2D eigenvalue weighted by Crippen LogP contribution is 2.36. The number of piperidine rings is 1. The van der Waals surface area contributed by atoms with Crippen LogP contribution >= 0.6 is 22.9 Å². The lowest BCUT2D eigenvalue weighted by Gasteiger charge is -2.31. The van der Waals surface area contributed by atoms with Gasteiger partial charge in [0.15, 0.2) is 0 Å². The van der Waals surface area contributed by atoms with Gasteiger partial charge in [-0.3, -0.25) is 0 Å². The van der Waals surface area contributed by atoms with Gasteiger partial charge >= 0.3 is 0 Å². The normalized spacial score (nSPS) is 15.2. The van der Waals surface area contributed by atoms with Crippen LogP contribution in [0.2, 0.25) is 5.02 Å². The number of aromatic nitrogens is 3. The summed E-state index contributed by atoms with van der Waals surface area (Å²) in [7, 11) is 1.70. The molecule has 0 unspecified atom stereocenters. The topological polar surface area (TPSA) is 51.1 Å². The zero-order valence-corrected chi connectivity index (χ0v) is 16.0. The van der Waals surface area contributed by atoms with Crippen molar-refractivity contribution in [2.24, 2.45) is 0 Å². The fourth-order valence-electron chi connectivity index (χ4n) is 3.25. The molecule has 0 aliphatic carbocycles. The highest BCUT2D eigenvalue weighted by molar-refractivity contribution is 7.10. The maximum absolute atomic E-state index is 5.87. The van der Waals surface area contributed by atoms with Crippen molar-refractivity contribution in [3.05, 3.63) is 52.1 Å². The number of para-hydroxylation sites is 1. The largest absolute Gasteiger partial charge is 0.496 e. The van der Waals surface area contributed by atoms with Crippen molar-refractivity contribution >= 4 is 28.9 Å². The summed E-state index contributed by atoms with van der Waals surface area (Å²) in [6.45, 7) is 1.85. The van der Waals surface area contributed by atoms with E-state index >= 15 is 0 Å². The summed E-state index contributed by atoms with van der Waals surface area (Å²) in [6.07, 6.45) is 5.39. The van der Waals surface area contributed by atoms with Gasteiger partial charge in [0.05, 0.1) is 35.2 Å². The van der Waals surface area contributed by atoms with Gasteiger partial charge in [-0.05, 0) is 25.0 Å². The van der Waals surface area contributed by atoms with Crippen molar-refractivity contribution in [1.29, 1.82) is 0 Å². The maximum atomic E-state index is 5.87. The minimum Gasteiger partial charge on any atom is -0.496 e. The van der Waals surface area contributed by atoms with Gasteiger partial charge in [0.25, 0.3) is 0 Å². The number of ether oxygens (including phenoxy) is 1. The molecule has 1 saturated heterocycles. The van der Waals surface area contributed by atoms with Crippen LogP contribution < -0.4 is 9.64 Å². The molecule has 7 heteroatoms. The van der Waals surface area contributed by atoms with E-state index in [9.17, 15) is 0 Å². The van der Waals surface area contributed by atoms with Gasteiger partial charge in [0, 0.05) is 30.0 Å². The summed E-state index contributed by atoms with van der Waals surface area (Å²) in [5.74, 6) is 2.09. The predicted molar refractivity (Wildman–Crippen MR) is 105 cm³/mol. The number of methoxy groups -OCH3 is 1. The van der Waals surface area contributed by atoms with Crippen LogP contribution in [0.5, 0.6) is 5.75 Å². The third kappa shape index (κ3) is 3.52. The predicted octanol–water partition coefficient (Wildman–Crippen LogP) is 4.65. The van der Waals surface area contributed by atoms with Crippen LogP contribution in [0.15, 0.2) is 42.0 Å². The minimum atomic E-state index is 0.479. The summed E-state index contributed by atoms with van der Waals surface area (Å²) in [5, 5.41) is 3.89. The van der Waals surface area contributed by atoms with Crippen molar-refractivity contribution < 1.29 is 4.74 Å². The lowest BCUT2D eigenvalue weighted by molar-refractivity contribution is 0.416. The Kier molecular flexibility index (Phi) is 5.04. The van der Waals surface area contributed by atoms with Gasteiger partial charge in [-0.2, -0.15) is 0 Å². The summed E-state index contributed by atoms with van der Waals surface area (Å²) in [6, 6.07) is 8.02. The molecule has 134 valence electrons. The molecule has 0 N–H and O–H groups in total. The molecule has 0 amide bonds. The van der Waals surface area contributed by atoms with Gasteiger partial charge in [0.2, 0.25) is 5.95 Å². The standard InChI is InChI=1S/C19H19ClN4OS/c1-25-17-5-3-2-4-15(17)16-12-26-18(23-16)13-6-8-24(9-7-13)19-21-10-14(20)11-22-19/h2-5,10-13H,6-9H2,1H3. The Morgan fingerprint density at radius 3 is 2.62 bits per heavy atom. The Labute approximate surface area is 161 Å². The first-order valence-electron chi connectivity index (χ1n) is 8.56. The molecule has 1 aromatic carbocycles. The zero-order chi connectivity index (χ0) is 17.9. The summed E-state index contributed by atoms with van der Waals surface area (Å²) in [4.78, 5) is 15.7. The van der Waals surface area contributed by atoms with E-state index in [0.717, 1.165) is 48.9 Å². The fourth-order valence-corrected chi connectivity index (χ4v) is 4.34. The zero-order valence-electron chi connectivity index (χ0n) is 14.4. The molecule has 3 heterocycles. The fraction of sp³-hybridized carbons (Fsp3) is 0.316. The average Bonchev–Trinajstić information content (AvgIpc) is 3.19. The van der Waals surface area contributed by atoms with Gasteiger partial charge in [-0.15, -0.1) is 11.3 Å². The molecule has 1 aliphatic heterocycles. The Morgan fingerprint density at radius 1 is 1.15 bits per heavy atom. The van der Waals surface area contributed by atoms with Crippen LogP contribution in [0.1, 0.15) is 23.8 Å². The molecule has 0 radical (unpaired) electrons. The van der Waals surface area contributed by atoms with E-state index in [1.54, 1.807) is 30.8 Å². The number of nitrogens with zero attached hydrogens (tertiary/aromatic N) is 4. The SMILES string of the molecule is COc1ccccc1-c1csc(C2CCN(c3ncc(Cl)cn3)CC2)n1. The molecule has 26 heavy (non-hydrogen) atoms. The third-order valence-corrected chi connectivity index (χ3v) is 5.84. The summed E-state index contributed by atoms with van der Waals surface area (Å²) in [5.41, 5.74) is 2.04. The van der Waals surface area contributed by atoms with Crippen LogP contribution in [-0.2, 0) is 0 Å². The molecule has 0 saturated carbocycles. The molecule has 2 aromatic heterocycles. The van der Waals surface area contributed by atoms with Crippen LogP contribution in [0, 0.1) is 0 Å². The van der Waals surface area contributed by atoms with E-state index in [-0.39, 0.29) is 0 Å². The monoisotopic (exact) mass is 386 g/mol. The molecule has 5 nitrogen and oxygen atoms in total. The number of rotatable bonds is 4. The van der Waals surface area contributed by atoms with E-state index in [1.807, 2.05) is 18.2 Å². The Bertz CT molecular complexity index is 875. The van der Waals surface area contributed by atoms with Crippen molar-refractivity contribution in [3.63, 3.8) is 0 Å². The van der Waals surface area contributed by atoms with E-state index in [4.69, 9.17) is 21.3 Å². The van der Waals surface area contributed by atoms with Crippen molar-refractivity contribution in [2.75, 3.05) is 25.1 Å². The molecular weight excluding hydrogens is 368 g/mol. The van der Waals surface area contributed by atoms with Crippen LogP contribution in [0.3, 0.4) is 0 Å². The van der Waals surface area contributed by atoms with Crippen molar-refractivity contribution in [1.82, 2.24) is 15.0 Å². The quantitative estimate of drug-likeness (QED) is 0.653. The molecule has 0 spiro atoms. The Morgan fingerprint density at radius 2 is 1.88 bits per heavy atom. The molecule has 0 bridgehead atoms. The number of thiazole rings is 1. The first kappa shape index (κ1) is 17.2. The van der Waals surface area contributed by atoms with Crippen LogP contribution in [-0.4, -0.2) is 35.2 Å². The Hall–Kier alpha value is -2.18. The molecule has 1 aliphatic rings. The first-order chi connectivity index (χ1) is 12.7. The maximum Gasteiger partial charge on any atom is 0.225 e. The van der Waals surface area contributed by atoms with Gasteiger partial charge < -0.3 is 9.64 Å². The lowest BCUT2D eigenvalue weighted by Crippen LogP contribution is -2.34. The molecule has 4 rings (SSSR count). The summed E-state index contributed by atoms with van der Waals surface area (Å²) < 4.78 is 5.46. The van der Waals surface area contributed by atoms with Gasteiger partial charge in [-0.1, -0.05) is 23.7 Å². The van der Waals surface area contributed by atoms with Crippen molar-refractivity contribution in [2.45, 2.75) is 18.8 Å². The van der Waals surface area contributed by atoms with E-state index in [0.29, 0.717) is 10.9 Å². The smallest absolute Gasteiger partial charge is 0.225 e.